The van der Waals surface area contributed by atoms with Gasteiger partial charge < -0.3 is 15.5 Å². The highest BCUT2D eigenvalue weighted by atomic mass is 32.2. The van der Waals surface area contributed by atoms with Crippen LogP contribution in [0.1, 0.15) is 43.5 Å². The molecule has 0 atom stereocenters. The van der Waals surface area contributed by atoms with Crippen molar-refractivity contribution in [2.75, 3.05) is 12.8 Å². The van der Waals surface area contributed by atoms with Crippen molar-refractivity contribution in [2.24, 2.45) is 0 Å². The molecule has 4 nitrogen and oxygen atoms in total. The maximum Gasteiger partial charge on any atom is 0.141 e. The monoisotopic (exact) mass is 298 g/mol. The van der Waals surface area contributed by atoms with Gasteiger partial charge in [-0.15, -0.1) is 0 Å². The number of rotatable bonds is 8. The van der Waals surface area contributed by atoms with Crippen LogP contribution in [0, 0.1) is 6.92 Å². The van der Waals surface area contributed by atoms with E-state index >= 15 is 0 Å². The third-order valence-corrected chi connectivity index (χ3v) is 5.66. The molecule has 0 spiro atoms. The molecule has 5 heteroatoms. The summed E-state index contributed by atoms with van der Waals surface area (Å²) in [6.45, 7) is 7.50. The molecule has 1 rings (SSSR count). The summed E-state index contributed by atoms with van der Waals surface area (Å²) in [6.07, 6.45) is 5.98. The molecule has 114 valence electrons. The Bertz CT molecular complexity index is 426. The van der Waals surface area contributed by atoms with Crippen molar-refractivity contribution in [3.8, 4) is 5.75 Å². The largest absolute Gasteiger partial charge is 0.506 e. The van der Waals surface area contributed by atoms with Crippen molar-refractivity contribution < 1.29 is 10.2 Å². The average Bonchev–Trinajstić information content (AvgIpc) is 2.48. The van der Waals surface area contributed by atoms with Gasteiger partial charge in [0.2, 0.25) is 0 Å². The van der Waals surface area contributed by atoms with E-state index in [1.807, 2.05) is 11.8 Å². The fourth-order valence-corrected chi connectivity index (χ4v) is 3.12. The van der Waals surface area contributed by atoms with Crippen molar-refractivity contribution in [3.63, 3.8) is 0 Å². The predicted molar refractivity (Wildman–Crippen MR) is 85.1 cm³/mol. The van der Waals surface area contributed by atoms with Gasteiger partial charge in [-0.05, 0) is 26.0 Å². The Morgan fingerprint density at radius 3 is 2.50 bits per heavy atom. The molecular weight excluding hydrogens is 272 g/mol. The number of aromatic nitrogens is 1. The summed E-state index contributed by atoms with van der Waals surface area (Å²) in [7, 11) is 0. The van der Waals surface area contributed by atoms with E-state index in [2.05, 4.69) is 30.4 Å². The summed E-state index contributed by atoms with van der Waals surface area (Å²) in [5, 5.41) is 22.9. The van der Waals surface area contributed by atoms with Crippen LogP contribution in [0.25, 0.3) is 0 Å². The van der Waals surface area contributed by atoms with Gasteiger partial charge in [0, 0.05) is 35.2 Å². The van der Waals surface area contributed by atoms with Gasteiger partial charge in [0.25, 0.3) is 0 Å². The van der Waals surface area contributed by atoms with Gasteiger partial charge in [0.05, 0.1) is 12.3 Å². The lowest BCUT2D eigenvalue weighted by Gasteiger charge is -2.30. The first-order valence-electron chi connectivity index (χ1n) is 7.06. The molecule has 0 aromatic carbocycles. The lowest BCUT2D eigenvalue weighted by molar-refractivity contribution is 0.278. The van der Waals surface area contributed by atoms with E-state index in [4.69, 9.17) is 0 Å². The SMILES string of the molecule is CCC(CC)(CNCc1c(CO)cnc(C)c1O)SC. The molecule has 0 aliphatic carbocycles. The van der Waals surface area contributed by atoms with Crippen LogP contribution in [-0.4, -0.2) is 32.7 Å². The van der Waals surface area contributed by atoms with E-state index in [1.54, 1.807) is 13.1 Å². The number of aromatic hydroxyl groups is 1. The summed E-state index contributed by atoms with van der Waals surface area (Å²) in [5.74, 6) is 0.187. The quantitative estimate of drug-likeness (QED) is 0.688. The third-order valence-electron chi connectivity index (χ3n) is 4.07. The minimum absolute atomic E-state index is 0.104. The van der Waals surface area contributed by atoms with Gasteiger partial charge in [-0.25, -0.2) is 0 Å². The van der Waals surface area contributed by atoms with E-state index in [1.165, 1.54) is 0 Å². The minimum atomic E-state index is -0.104. The van der Waals surface area contributed by atoms with Crippen molar-refractivity contribution in [3.05, 3.63) is 23.0 Å². The number of aliphatic hydroxyl groups is 1. The highest BCUT2D eigenvalue weighted by Crippen LogP contribution is 2.30. The molecule has 0 saturated heterocycles. The fraction of sp³-hybridized carbons (Fsp3) is 0.667. The summed E-state index contributed by atoms with van der Waals surface area (Å²) >= 11 is 1.88. The summed E-state index contributed by atoms with van der Waals surface area (Å²) in [5.41, 5.74) is 2.03. The molecule has 20 heavy (non-hydrogen) atoms. The maximum absolute atomic E-state index is 10.1. The second kappa shape index (κ2) is 7.86. The molecular formula is C15H26N2O2S. The van der Waals surface area contributed by atoms with Crippen LogP contribution in [0.3, 0.4) is 0 Å². The number of nitrogens with zero attached hydrogens (tertiary/aromatic N) is 1. The number of aliphatic hydroxyl groups excluding tert-OH is 1. The van der Waals surface area contributed by atoms with Crippen molar-refractivity contribution in [1.82, 2.24) is 10.3 Å². The number of hydrogen-bond acceptors (Lipinski definition) is 5. The Balaban J connectivity index is 2.77. The lowest BCUT2D eigenvalue weighted by atomic mass is 10.0. The second-order valence-electron chi connectivity index (χ2n) is 5.05. The Morgan fingerprint density at radius 2 is 2.00 bits per heavy atom. The van der Waals surface area contributed by atoms with Gasteiger partial charge in [-0.1, -0.05) is 13.8 Å². The predicted octanol–water partition coefficient (Wildman–Crippen LogP) is 2.60. The maximum atomic E-state index is 10.1. The summed E-state index contributed by atoms with van der Waals surface area (Å²) in [6, 6.07) is 0. The van der Waals surface area contributed by atoms with Gasteiger partial charge in [0.15, 0.2) is 0 Å². The molecule has 0 amide bonds. The Labute approximate surface area is 126 Å². The summed E-state index contributed by atoms with van der Waals surface area (Å²) < 4.78 is 0.233. The molecule has 0 bridgehead atoms. The van der Waals surface area contributed by atoms with Crippen molar-refractivity contribution >= 4 is 11.8 Å². The van der Waals surface area contributed by atoms with Gasteiger partial charge >= 0.3 is 0 Å². The number of hydrogen-bond donors (Lipinski definition) is 3. The Kier molecular flexibility index (Phi) is 6.79. The Hall–Kier alpha value is -0.780. The van der Waals surface area contributed by atoms with E-state index < -0.39 is 0 Å². The molecule has 3 N–H and O–H groups in total. The number of nitrogens with one attached hydrogen (secondary N) is 1. The molecule has 0 aliphatic rings. The van der Waals surface area contributed by atoms with E-state index in [0.29, 0.717) is 17.8 Å². The molecule has 0 aliphatic heterocycles. The van der Waals surface area contributed by atoms with Gasteiger partial charge in [-0.3, -0.25) is 4.98 Å². The molecule has 0 unspecified atom stereocenters. The van der Waals surface area contributed by atoms with Gasteiger partial charge in [0.1, 0.15) is 5.75 Å². The molecule has 1 heterocycles. The number of thioether (sulfide) groups is 1. The zero-order chi connectivity index (χ0) is 15.2. The topological polar surface area (TPSA) is 65.4 Å². The second-order valence-corrected chi connectivity index (χ2v) is 6.33. The summed E-state index contributed by atoms with van der Waals surface area (Å²) in [4.78, 5) is 4.07. The number of aryl methyl sites for hydroxylation is 1. The number of pyridine rings is 1. The highest BCUT2D eigenvalue weighted by Gasteiger charge is 2.24. The fourth-order valence-electron chi connectivity index (χ4n) is 2.29. The smallest absolute Gasteiger partial charge is 0.141 e. The van der Waals surface area contributed by atoms with E-state index in [9.17, 15) is 10.2 Å². The van der Waals surface area contributed by atoms with Crippen molar-refractivity contribution in [1.29, 1.82) is 0 Å². The van der Waals surface area contributed by atoms with Crippen LogP contribution in [0.4, 0.5) is 0 Å². The Morgan fingerprint density at radius 1 is 1.35 bits per heavy atom. The standard InChI is InChI=1S/C15H26N2O2S/c1-5-15(6-2,20-4)10-16-8-13-12(9-18)7-17-11(3)14(13)19/h7,16,18-19H,5-6,8-10H2,1-4H3. The van der Waals surface area contributed by atoms with Crippen LogP contribution in [0.2, 0.25) is 0 Å². The van der Waals surface area contributed by atoms with Gasteiger partial charge in [-0.2, -0.15) is 11.8 Å². The first-order valence-corrected chi connectivity index (χ1v) is 8.29. The van der Waals surface area contributed by atoms with Crippen LogP contribution in [-0.2, 0) is 13.2 Å². The van der Waals surface area contributed by atoms with E-state index in [0.717, 1.165) is 24.9 Å². The molecule has 0 fully saturated rings. The van der Waals surface area contributed by atoms with Crippen LogP contribution in [0.15, 0.2) is 6.20 Å². The first-order chi connectivity index (χ1) is 9.53. The van der Waals surface area contributed by atoms with Crippen molar-refractivity contribution in [2.45, 2.75) is 51.5 Å². The molecule has 0 radical (unpaired) electrons. The minimum Gasteiger partial charge on any atom is -0.506 e. The third kappa shape index (κ3) is 3.87. The zero-order valence-electron chi connectivity index (χ0n) is 12.9. The molecule has 1 aromatic rings. The van der Waals surface area contributed by atoms with Crippen LogP contribution >= 0.6 is 11.8 Å². The average molecular weight is 298 g/mol. The lowest BCUT2D eigenvalue weighted by Crippen LogP contribution is -2.36. The molecule has 1 aromatic heterocycles. The van der Waals surface area contributed by atoms with Crippen LogP contribution in [0.5, 0.6) is 5.75 Å². The van der Waals surface area contributed by atoms with E-state index in [-0.39, 0.29) is 17.1 Å². The zero-order valence-corrected chi connectivity index (χ0v) is 13.7. The molecule has 0 saturated carbocycles. The first kappa shape index (κ1) is 17.3. The normalized spacial score (nSPS) is 11.8. The highest BCUT2D eigenvalue weighted by molar-refractivity contribution is 8.00. The van der Waals surface area contributed by atoms with Crippen LogP contribution < -0.4 is 5.32 Å².